The van der Waals surface area contributed by atoms with E-state index in [0.717, 1.165) is 13.7 Å². The zero-order valence-electron chi connectivity index (χ0n) is 9.15. The lowest BCUT2D eigenvalue weighted by molar-refractivity contribution is 0.102. The van der Waals surface area contributed by atoms with E-state index in [1.807, 2.05) is 18.2 Å². The molecule has 0 bridgehead atoms. The van der Waals surface area contributed by atoms with Crippen molar-refractivity contribution < 1.29 is 4.79 Å². The summed E-state index contributed by atoms with van der Waals surface area (Å²) in [6.07, 6.45) is 1.51. The number of pyridine rings is 1. The van der Waals surface area contributed by atoms with Crippen molar-refractivity contribution in [3.05, 3.63) is 50.3 Å². The first-order valence-corrected chi connectivity index (χ1v) is 6.91. The monoisotopic (exact) mass is 417 g/mol. The first-order valence-electron chi connectivity index (χ1n) is 5.04. The Morgan fingerprint density at radius 1 is 1.33 bits per heavy atom. The second-order valence-electron chi connectivity index (χ2n) is 3.56. The Hall–Kier alpha value is -1.15. The lowest BCUT2D eigenvalue weighted by Gasteiger charge is -2.06. The normalized spacial score (nSPS) is 10.1. The zero-order valence-corrected chi connectivity index (χ0v) is 12.9. The Bertz CT molecular complexity index is 604. The van der Waals surface area contributed by atoms with E-state index in [1.165, 1.54) is 6.20 Å². The summed E-state index contributed by atoms with van der Waals surface area (Å²) in [6, 6.07) is 8.74. The van der Waals surface area contributed by atoms with Crippen LogP contribution in [0.3, 0.4) is 0 Å². The van der Waals surface area contributed by atoms with Crippen molar-refractivity contribution in [3.8, 4) is 0 Å². The average Bonchev–Trinajstić information content (AvgIpc) is 2.34. The molecule has 18 heavy (non-hydrogen) atoms. The SMILES string of the molecule is Nc1ccnc(C(=O)Nc2ccc(Br)c(I)c2)c1. The third kappa shape index (κ3) is 3.20. The molecular weight excluding hydrogens is 409 g/mol. The largest absolute Gasteiger partial charge is 0.399 e. The lowest BCUT2D eigenvalue weighted by atomic mass is 10.3. The van der Waals surface area contributed by atoms with E-state index >= 15 is 0 Å². The molecule has 1 heterocycles. The summed E-state index contributed by atoms with van der Waals surface area (Å²) in [5, 5.41) is 2.77. The molecule has 0 aliphatic carbocycles. The summed E-state index contributed by atoms with van der Waals surface area (Å²) >= 11 is 5.58. The summed E-state index contributed by atoms with van der Waals surface area (Å²) in [4.78, 5) is 15.9. The molecule has 0 aliphatic rings. The number of amides is 1. The van der Waals surface area contributed by atoms with Gasteiger partial charge in [0.25, 0.3) is 5.91 Å². The lowest BCUT2D eigenvalue weighted by Crippen LogP contribution is -2.13. The molecule has 0 radical (unpaired) electrons. The van der Waals surface area contributed by atoms with Gasteiger partial charge < -0.3 is 11.1 Å². The minimum atomic E-state index is -0.277. The van der Waals surface area contributed by atoms with Crippen LogP contribution in [0.1, 0.15) is 10.5 Å². The molecule has 0 aliphatic heterocycles. The molecule has 1 amide bonds. The Morgan fingerprint density at radius 2 is 2.11 bits per heavy atom. The predicted octanol–water partition coefficient (Wildman–Crippen LogP) is 3.28. The highest BCUT2D eigenvalue weighted by Crippen LogP contribution is 2.22. The number of benzene rings is 1. The highest BCUT2D eigenvalue weighted by atomic mass is 127. The molecule has 1 aromatic heterocycles. The molecule has 3 N–H and O–H groups in total. The van der Waals surface area contributed by atoms with Gasteiger partial charge in [0.05, 0.1) is 0 Å². The van der Waals surface area contributed by atoms with Crippen LogP contribution in [-0.2, 0) is 0 Å². The number of nitrogens with zero attached hydrogens (tertiary/aromatic N) is 1. The molecule has 2 rings (SSSR count). The maximum absolute atomic E-state index is 11.9. The number of nitrogen functional groups attached to an aromatic ring is 1. The van der Waals surface area contributed by atoms with Crippen LogP contribution in [0.5, 0.6) is 0 Å². The van der Waals surface area contributed by atoms with E-state index in [-0.39, 0.29) is 5.91 Å². The summed E-state index contributed by atoms with van der Waals surface area (Å²) in [7, 11) is 0. The van der Waals surface area contributed by atoms with E-state index < -0.39 is 0 Å². The van der Waals surface area contributed by atoms with Gasteiger partial charge in [-0.2, -0.15) is 0 Å². The second-order valence-corrected chi connectivity index (χ2v) is 5.57. The maximum atomic E-state index is 11.9. The van der Waals surface area contributed by atoms with E-state index in [0.29, 0.717) is 11.4 Å². The summed E-state index contributed by atoms with van der Waals surface area (Å²) in [5.41, 5.74) is 7.14. The minimum absolute atomic E-state index is 0.277. The van der Waals surface area contributed by atoms with Gasteiger partial charge in [-0.1, -0.05) is 0 Å². The topological polar surface area (TPSA) is 68.0 Å². The molecule has 0 atom stereocenters. The Morgan fingerprint density at radius 3 is 2.78 bits per heavy atom. The number of rotatable bonds is 2. The Labute approximate surface area is 126 Å². The van der Waals surface area contributed by atoms with Crippen molar-refractivity contribution >= 4 is 55.8 Å². The molecule has 0 spiro atoms. The van der Waals surface area contributed by atoms with Crippen molar-refractivity contribution in [1.29, 1.82) is 0 Å². The molecule has 1 aromatic carbocycles. The first-order chi connectivity index (χ1) is 8.56. The van der Waals surface area contributed by atoms with Crippen LogP contribution in [0.25, 0.3) is 0 Å². The van der Waals surface area contributed by atoms with Crippen molar-refractivity contribution in [2.24, 2.45) is 0 Å². The summed E-state index contributed by atoms with van der Waals surface area (Å²) in [5.74, 6) is -0.277. The Kier molecular flexibility index (Phi) is 4.18. The van der Waals surface area contributed by atoms with Gasteiger partial charge in [0.2, 0.25) is 0 Å². The molecular formula is C12H9BrIN3O. The standard InChI is InChI=1S/C12H9BrIN3O/c13-9-2-1-8(6-10(9)14)17-12(18)11-5-7(15)3-4-16-11/h1-6H,(H2,15,16)(H,17,18). The number of hydrogen-bond acceptors (Lipinski definition) is 3. The fraction of sp³-hybridized carbons (Fsp3) is 0. The quantitative estimate of drug-likeness (QED) is 0.736. The summed E-state index contributed by atoms with van der Waals surface area (Å²) in [6.45, 7) is 0. The highest BCUT2D eigenvalue weighted by molar-refractivity contribution is 14.1. The van der Waals surface area contributed by atoms with Crippen molar-refractivity contribution in [1.82, 2.24) is 4.98 Å². The van der Waals surface area contributed by atoms with E-state index in [1.54, 1.807) is 12.1 Å². The van der Waals surface area contributed by atoms with Crippen molar-refractivity contribution in [2.45, 2.75) is 0 Å². The summed E-state index contributed by atoms with van der Waals surface area (Å²) < 4.78 is 2.01. The molecule has 4 nitrogen and oxygen atoms in total. The molecule has 92 valence electrons. The zero-order chi connectivity index (χ0) is 13.1. The number of halogens is 2. The molecule has 0 saturated carbocycles. The second kappa shape index (κ2) is 5.66. The maximum Gasteiger partial charge on any atom is 0.274 e. The van der Waals surface area contributed by atoms with Crippen LogP contribution in [0.4, 0.5) is 11.4 Å². The van der Waals surface area contributed by atoms with Crippen LogP contribution < -0.4 is 11.1 Å². The predicted molar refractivity (Wildman–Crippen MR) is 83.5 cm³/mol. The number of nitrogens with one attached hydrogen (secondary N) is 1. The number of aromatic nitrogens is 1. The van der Waals surface area contributed by atoms with Crippen LogP contribution in [0, 0.1) is 3.57 Å². The van der Waals surface area contributed by atoms with Gasteiger partial charge >= 0.3 is 0 Å². The van der Waals surface area contributed by atoms with Gasteiger partial charge in [0.15, 0.2) is 0 Å². The van der Waals surface area contributed by atoms with Gasteiger partial charge in [0.1, 0.15) is 5.69 Å². The number of hydrogen-bond donors (Lipinski definition) is 2. The van der Waals surface area contributed by atoms with E-state index in [4.69, 9.17) is 5.73 Å². The van der Waals surface area contributed by atoms with Gasteiger partial charge in [-0.15, -0.1) is 0 Å². The van der Waals surface area contributed by atoms with Crippen molar-refractivity contribution in [3.63, 3.8) is 0 Å². The number of anilines is 2. The molecule has 0 fully saturated rings. The van der Waals surface area contributed by atoms with E-state index in [9.17, 15) is 4.79 Å². The molecule has 0 saturated heterocycles. The van der Waals surface area contributed by atoms with Crippen LogP contribution in [0.15, 0.2) is 41.0 Å². The first kappa shape index (κ1) is 13.3. The third-order valence-corrected chi connectivity index (χ3v) is 4.52. The number of carbonyl (C=O) groups is 1. The number of carbonyl (C=O) groups excluding carboxylic acids is 1. The highest BCUT2D eigenvalue weighted by Gasteiger charge is 2.08. The molecule has 6 heteroatoms. The fourth-order valence-corrected chi connectivity index (χ4v) is 2.10. The van der Waals surface area contributed by atoms with Gasteiger partial charge in [-0.25, -0.2) is 0 Å². The van der Waals surface area contributed by atoms with Gasteiger partial charge in [0, 0.05) is 25.6 Å². The van der Waals surface area contributed by atoms with Crippen LogP contribution in [-0.4, -0.2) is 10.9 Å². The van der Waals surface area contributed by atoms with Crippen molar-refractivity contribution in [2.75, 3.05) is 11.1 Å². The van der Waals surface area contributed by atoms with Crippen LogP contribution in [0.2, 0.25) is 0 Å². The van der Waals surface area contributed by atoms with E-state index in [2.05, 4.69) is 48.8 Å². The smallest absolute Gasteiger partial charge is 0.274 e. The fourth-order valence-electron chi connectivity index (χ4n) is 1.34. The molecule has 0 unspecified atom stereocenters. The molecule has 2 aromatic rings. The van der Waals surface area contributed by atoms with Crippen LogP contribution >= 0.6 is 38.5 Å². The minimum Gasteiger partial charge on any atom is -0.399 e. The number of nitrogens with two attached hydrogens (primary N) is 1. The van der Waals surface area contributed by atoms with Gasteiger partial charge in [-0.3, -0.25) is 9.78 Å². The average molecular weight is 418 g/mol. The van der Waals surface area contributed by atoms with Gasteiger partial charge in [-0.05, 0) is 68.9 Å². The third-order valence-electron chi connectivity index (χ3n) is 2.19. The Balaban J connectivity index is 2.18.